The Kier molecular flexibility index (Phi) is 5.81. The molecule has 1 aromatic carbocycles. The summed E-state index contributed by atoms with van der Waals surface area (Å²) in [6.45, 7) is 1.85. The molecule has 1 fully saturated rings. The van der Waals surface area contributed by atoms with E-state index < -0.39 is 12.6 Å². The number of benzene rings is 1. The summed E-state index contributed by atoms with van der Waals surface area (Å²) in [7, 11) is 0. The van der Waals surface area contributed by atoms with E-state index in [0.717, 1.165) is 31.6 Å². The Bertz CT molecular complexity index is 529. The van der Waals surface area contributed by atoms with Crippen LogP contribution in [0, 0.1) is 5.92 Å². The second-order valence-electron chi connectivity index (χ2n) is 5.99. The SMILES string of the molecule is CC1CCCC(NC(=O)c2cccc(OCC(=O)O)c2)CC1. The van der Waals surface area contributed by atoms with Crippen molar-refractivity contribution in [3.63, 3.8) is 0 Å². The first-order valence-electron chi connectivity index (χ1n) is 7.80. The minimum atomic E-state index is -1.04. The number of hydrogen-bond donors (Lipinski definition) is 2. The molecule has 2 unspecified atom stereocenters. The number of aliphatic carboxylic acids is 1. The normalized spacial score (nSPS) is 21.7. The maximum absolute atomic E-state index is 12.3. The topological polar surface area (TPSA) is 75.6 Å². The molecule has 0 aliphatic heterocycles. The number of amides is 1. The van der Waals surface area contributed by atoms with Gasteiger partial charge in [-0.25, -0.2) is 4.79 Å². The Morgan fingerprint density at radius 1 is 1.27 bits per heavy atom. The lowest BCUT2D eigenvalue weighted by Gasteiger charge is -2.16. The van der Waals surface area contributed by atoms with Crippen LogP contribution in [-0.2, 0) is 4.79 Å². The number of nitrogens with one attached hydrogen (secondary N) is 1. The highest BCUT2D eigenvalue weighted by Crippen LogP contribution is 2.23. The quantitative estimate of drug-likeness (QED) is 0.820. The van der Waals surface area contributed by atoms with E-state index in [4.69, 9.17) is 9.84 Å². The van der Waals surface area contributed by atoms with E-state index >= 15 is 0 Å². The van der Waals surface area contributed by atoms with Crippen molar-refractivity contribution in [1.29, 1.82) is 0 Å². The summed E-state index contributed by atoms with van der Waals surface area (Å²) in [6.07, 6.45) is 5.55. The maximum Gasteiger partial charge on any atom is 0.341 e. The number of ether oxygens (including phenoxy) is 1. The molecule has 0 saturated heterocycles. The molecule has 1 aromatic rings. The van der Waals surface area contributed by atoms with Crippen LogP contribution in [0.2, 0.25) is 0 Å². The van der Waals surface area contributed by atoms with Gasteiger partial charge in [-0.15, -0.1) is 0 Å². The molecule has 1 amide bonds. The van der Waals surface area contributed by atoms with Gasteiger partial charge >= 0.3 is 5.97 Å². The van der Waals surface area contributed by atoms with Gasteiger partial charge in [0.1, 0.15) is 5.75 Å². The molecule has 0 aromatic heterocycles. The average molecular weight is 305 g/mol. The molecule has 2 N–H and O–H groups in total. The molecule has 2 rings (SSSR count). The summed E-state index contributed by atoms with van der Waals surface area (Å²) >= 11 is 0. The van der Waals surface area contributed by atoms with Crippen LogP contribution in [0.3, 0.4) is 0 Å². The van der Waals surface area contributed by atoms with Gasteiger partial charge in [0.15, 0.2) is 6.61 Å². The van der Waals surface area contributed by atoms with E-state index in [1.165, 1.54) is 6.42 Å². The van der Waals surface area contributed by atoms with Gasteiger partial charge in [-0.2, -0.15) is 0 Å². The molecule has 1 aliphatic rings. The minimum absolute atomic E-state index is 0.125. The van der Waals surface area contributed by atoms with Crippen LogP contribution in [0.1, 0.15) is 49.4 Å². The molecule has 0 radical (unpaired) electrons. The van der Waals surface area contributed by atoms with Gasteiger partial charge in [0.25, 0.3) is 5.91 Å². The molecule has 120 valence electrons. The number of hydrogen-bond acceptors (Lipinski definition) is 3. The van der Waals surface area contributed by atoms with Crippen molar-refractivity contribution >= 4 is 11.9 Å². The van der Waals surface area contributed by atoms with Gasteiger partial charge in [0.05, 0.1) is 0 Å². The molecular weight excluding hydrogens is 282 g/mol. The van der Waals surface area contributed by atoms with Gasteiger partial charge < -0.3 is 15.2 Å². The second kappa shape index (κ2) is 7.82. The Labute approximate surface area is 130 Å². The highest BCUT2D eigenvalue weighted by Gasteiger charge is 2.18. The van der Waals surface area contributed by atoms with Crippen LogP contribution in [-0.4, -0.2) is 29.6 Å². The zero-order valence-corrected chi connectivity index (χ0v) is 12.9. The molecule has 5 heteroatoms. The van der Waals surface area contributed by atoms with Crippen LogP contribution >= 0.6 is 0 Å². The van der Waals surface area contributed by atoms with E-state index in [9.17, 15) is 9.59 Å². The highest BCUT2D eigenvalue weighted by atomic mass is 16.5. The lowest BCUT2D eigenvalue weighted by atomic mass is 10.0. The van der Waals surface area contributed by atoms with Gasteiger partial charge in [-0.1, -0.05) is 25.8 Å². The van der Waals surface area contributed by atoms with Crippen molar-refractivity contribution in [3.8, 4) is 5.75 Å². The summed E-state index contributed by atoms with van der Waals surface area (Å²) in [6, 6.07) is 6.86. The van der Waals surface area contributed by atoms with Gasteiger partial charge in [-0.05, 0) is 43.4 Å². The third-order valence-electron chi connectivity index (χ3n) is 4.05. The molecular formula is C17H23NO4. The van der Waals surface area contributed by atoms with Crippen LogP contribution < -0.4 is 10.1 Å². The van der Waals surface area contributed by atoms with Crippen LogP contribution in [0.4, 0.5) is 0 Å². The lowest BCUT2D eigenvalue weighted by Crippen LogP contribution is -2.34. The average Bonchev–Trinajstić information content (AvgIpc) is 2.70. The Morgan fingerprint density at radius 2 is 2.09 bits per heavy atom. The molecule has 2 atom stereocenters. The van der Waals surface area contributed by atoms with Crippen molar-refractivity contribution in [1.82, 2.24) is 5.32 Å². The number of rotatable bonds is 5. The van der Waals surface area contributed by atoms with E-state index in [-0.39, 0.29) is 11.9 Å². The predicted octanol–water partition coefficient (Wildman–Crippen LogP) is 2.85. The molecule has 0 spiro atoms. The third kappa shape index (κ3) is 5.06. The first-order valence-corrected chi connectivity index (χ1v) is 7.80. The molecule has 0 bridgehead atoms. The zero-order valence-electron chi connectivity index (χ0n) is 12.9. The van der Waals surface area contributed by atoms with Crippen molar-refractivity contribution in [2.75, 3.05) is 6.61 Å². The fourth-order valence-electron chi connectivity index (χ4n) is 2.77. The van der Waals surface area contributed by atoms with E-state index in [1.54, 1.807) is 24.3 Å². The lowest BCUT2D eigenvalue weighted by molar-refractivity contribution is -0.139. The first-order chi connectivity index (χ1) is 10.5. The Morgan fingerprint density at radius 3 is 2.86 bits per heavy atom. The molecule has 5 nitrogen and oxygen atoms in total. The first kappa shape index (κ1) is 16.3. The summed E-state index contributed by atoms with van der Waals surface area (Å²) in [5, 5.41) is 11.7. The van der Waals surface area contributed by atoms with Crippen LogP contribution in [0.25, 0.3) is 0 Å². The minimum Gasteiger partial charge on any atom is -0.482 e. The zero-order chi connectivity index (χ0) is 15.9. The molecule has 1 aliphatic carbocycles. The number of carboxylic acids is 1. The van der Waals surface area contributed by atoms with E-state index in [0.29, 0.717) is 11.3 Å². The van der Waals surface area contributed by atoms with E-state index in [2.05, 4.69) is 12.2 Å². The highest BCUT2D eigenvalue weighted by molar-refractivity contribution is 5.94. The van der Waals surface area contributed by atoms with Crippen molar-refractivity contribution in [2.24, 2.45) is 5.92 Å². The Hall–Kier alpha value is -2.04. The van der Waals surface area contributed by atoms with Gasteiger partial charge in [0, 0.05) is 11.6 Å². The Balaban J connectivity index is 1.94. The predicted molar refractivity (Wildman–Crippen MR) is 83.1 cm³/mol. The van der Waals surface area contributed by atoms with Gasteiger partial charge in [0.2, 0.25) is 0 Å². The summed E-state index contributed by atoms with van der Waals surface area (Å²) in [5.41, 5.74) is 0.500. The van der Waals surface area contributed by atoms with Crippen LogP contribution in [0.5, 0.6) is 5.75 Å². The fourth-order valence-corrected chi connectivity index (χ4v) is 2.77. The fraction of sp³-hybridized carbons (Fsp3) is 0.529. The largest absolute Gasteiger partial charge is 0.482 e. The number of carbonyl (C=O) groups excluding carboxylic acids is 1. The molecule has 0 heterocycles. The van der Waals surface area contributed by atoms with Crippen LogP contribution in [0.15, 0.2) is 24.3 Å². The summed E-state index contributed by atoms with van der Waals surface area (Å²) < 4.78 is 5.10. The number of carboxylic acid groups (broad SMARTS) is 1. The van der Waals surface area contributed by atoms with Gasteiger partial charge in [-0.3, -0.25) is 4.79 Å². The standard InChI is InChI=1S/C17H23NO4/c1-12-4-2-6-14(9-8-12)18-17(21)13-5-3-7-15(10-13)22-11-16(19)20/h3,5,7,10,12,14H,2,4,6,8-9,11H2,1H3,(H,18,21)(H,19,20). The smallest absolute Gasteiger partial charge is 0.341 e. The third-order valence-corrected chi connectivity index (χ3v) is 4.05. The monoisotopic (exact) mass is 305 g/mol. The van der Waals surface area contributed by atoms with E-state index in [1.807, 2.05) is 0 Å². The molecule has 22 heavy (non-hydrogen) atoms. The van der Waals surface area contributed by atoms with Crippen molar-refractivity contribution in [3.05, 3.63) is 29.8 Å². The number of carbonyl (C=O) groups is 2. The van der Waals surface area contributed by atoms with Crippen molar-refractivity contribution in [2.45, 2.75) is 45.1 Å². The maximum atomic E-state index is 12.3. The summed E-state index contributed by atoms with van der Waals surface area (Å²) in [5.74, 6) is -0.0399. The summed E-state index contributed by atoms with van der Waals surface area (Å²) in [4.78, 5) is 22.8. The second-order valence-corrected chi connectivity index (χ2v) is 5.99. The molecule has 1 saturated carbocycles. The van der Waals surface area contributed by atoms with Crippen molar-refractivity contribution < 1.29 is 19.4 Å².